The molecule has 0 fully saturated rings. The zero-order chi connectivity index (χ0) is 14.9. The van der Waals surface area contributed by atoms with Crippen LogP contribution in [-0.4, -0.2) is 22.8 Å². The van der Waals surface area contributed by atoms with Crippen molar-refractivity contribution in [1.82, 2.24) is 9.88 Å². The summed E-state index contributed by atoms with van der Waals surface area (Å²) in [6.45, 7) is 5.79. The van der Waals surface area contributed by atoms with Crippen LogP contribution in [0.15, 0.2) is 24.3 Å². The minimum atomic E-state index is -0.0124. The normalized spacial score (nSPS) is 12.2. The maximum atomic E-state index is 12.5. The van der Waals surface area contributed by atoms with E-state index in [1.54, 1.807) is 4.90 Å². The topological polar surface area (TPSA) is 33.2 Å². The van der Waals surface area contributed by atoms with Crippen molar-refractivity contribution in [3.63, 3.8) is 0 Å². The Kier molecular flexibility index (Phi) is 4.45. The Hall–Kier alpha value is -1.39. The molecule has 0 aliphatic heterocycles. The third kappa shape index (κ3) is 3.02. The summed E-state index contributed by atoms with van der Waals surface area (Å²) < 4.78 is 0. The molecule has 1 heterocycles. The van der Waals surface area contributed by atoms with E-state index in [2.05, 4.69) is 4.98 Å². The van der Waals surface area contributed by atoms with Crippen molar-refractivity contribution in [3.8, 4) is 0 Å². The Morgan fingerprint density at radius 1 is 1.30 bits per heavy atom. The van der Waals surface area contributed by atoms with Crippen LogP contribution in [0.4, 0.5) is 0 Å². The molecule has 5 heteroatoms. The number of nitrogens with zero attached hydrogens (tertiary/aromatic N) is 2. The van der Waals surface area contributed by atoms with E-state index in [0.717, 1.165) is 16.3 Å². The van der Waals surface area contributed by atoms with Crippen LogP contribution in [0.2, 0.25) is 5.02 Å². The van der Waals surface area contributed by atoms with E-state index in [1.807, 2.05) is 52.1 Å². The number of aromatic nitrogens is 1. The molecule has 1 atom stereocenters. The molecule has 0 spiro atoms. The summed E-state index contributed by atoms with van der Waals surface area (Å²) in [7, 11) is 1.82. The van der Waals surface area contributed by atoms with Gasteiger partial charge in [-0.1, -0.05) is 23.7 Å². The predicted molar refractivity (Wildman–Crippen MR) is 83.5 cm³/mol. The number of carbonyl (C=O) groups excluding carboxylic acids is 1. The third-order valence-electron chi connectivity index (χ3n) is 3.35. The van der Waals surface area contributed by atoms with Crippen LogP contribution in [-0.2, 0) is 0 Å². The summed E-state index contributed by atoms with van der Waals surface area (Å²) in [6, 6.07) is 7.56. The molecule has 0 saturated carbocycles. The van der Waals surface area contributed by atoms with E-state index in [1.165, 1.54) is 11.3 Å². The van der Waals surface area contributed by atoms with Crippen LogP contribution in [0, 0.1) is 13.8 Å². The van der Waals surface area contributed by atoms with Crippen molar-refractivity contribution in [2.45, 2.75) is 26.8 Å². The second-order valence-corrected chi connectivity index (χ2v) is 6.43. The lowest BCUT2D eigenvalue weighted by Gasteiger charge is -2.25. The Balaban J connectivity index is 2.22. The predicted octanol–water partition coefficient (Wildman–Crippen LogP) is 4.25. The highest BCUT2D eigenvalue weighted by molar-refractivity contribution is 7.13. The van der Waals surface area contributed by atoms with Gasteiger partial charge < -0.3 is 4.90 Å². The van der Waals surface area contributed by atoms with Gasteiger partial charge in [0.2, 0.25) is 0 Å². The van der Waals surface area contributed by atoms with Gasteiger partial charge in [0.25, 0.3) is 5.91 Å². The fourth-order valence-electron chi connectivity index (χ4n) is 2.03. The minimum absolute atomic E-state index is 0.00977. The molecular formula is C15H17ClN2OS. The van der Waals surface area contributed by atoms with E-state index in [-0.39, 0.29) is 11.9 Å². The van der Waals surface area contributed by atoms with Crippen LogP contribution in [0.25, 0.3) is 0 Å². The van der Waals surface area contributed by atoms with Gasteiger partial charge in [0.05, 0.1) is 16.7 Å². The molecule has 0 saturated heterocycles. The fraction of sp³-hybridized carbons (Fsp3) is 0.333. The highest BCUT2D eigenvalue weighted by Crippen LogP contribution is 2.25. The first-order chi connectivity index (χ1) is 9.40. The Labute approximate surface area is 128 Å². The number of hydrogen-bond donors (Lipinski definition) is 0. The lowest BCUT2D eigenvalue weighted by Crippen LogP contribution is -2.29. The molecule has 0 bridgehead atoms. The van der Waals surface area contributed by atoms with Gasteiger partial charge in [-0.3, -0.25) is 4.79 Å². The zero-order valence-electron chi connectivity index (χ0n) is 12.0. The highest BCUT2D eigenvalue weighted by Gasteiger charge is 2.22. The number of carbonyl (C=O) groups is 1. The second-order valence-electron chi connectivity index (χ2n) is 4.79. The van der Waals surface area contributed by atoms with Crippen molar-refractivity contribution < 1.29 is 4.79 Å². The summed E-state index contributed by atoms with van der Waals surface area (Å²) in [4.78, 5) is 19.3. The quantitative estimate of drug-likeness (QED) is 0.849. The Bertz CT molecular complexity index is 621. The number of aryl methyl sites for hydroxylation is 2. The molecule has 0 aliphatic rings. The molecule has 106 valence electrons. The van der Waals surface area contributed by atoms with Crippen LogP contribution in [0.5, 0.6) is 0 Å². The maximum Gasteiger partial charge on any atom is 0.266 e. The molecule has 0 N–H and O–H groups in total. The van der Waals surface area contributed by atoms with Crippen molar-refractivity contribution in [3.05, 3.63) is 50.4 Å². The number of benzene rings is 1. The van der Waals surface area contributed by atoms with Crippen LogP contribution in [0.1, 0.15) is 38.9 Å². The summed E-state index contributed by atoms with van der Waals surface area (Å²) in [5.74, 6) is 0.00977. The molecule has 1 aromatic heterocycles. The van der Waals surface area contributed by atoms with E-state index in [9.17, 15) is 4.79 Å². The number of rotatable bonds is 3. The first kappa shape index (κ1) is 15.0. The van der Waals surface area contributed by atoms with Crippen molar-refractivity contribution >= 4 is 28.8 Å². The summed E-state index contributed by atoms with van der Waals surface area (Å²) in [5.41, 5.74) is 1.86. The second kappa shape index (κ2) is 5.94. The first-order valence-electron chi connectivity index (χ1n) is 6.36. The van der Waals surface area contributed by atoms with Gasteiger partial charge in [-0.2, -0.15) is 0 Å². The number of amides is 1. The molecule has 2 rings (SSSR count). The number of hydrogen-bond acceptors (Lipinski definition) is 3. The van der Waals surface area contributed by atoms with Crippen LogP contribution in [0.3, 0.4) is 0 Å². The molecule has 1 amide bonds. The largest absolute Gasteiger partial charge is 0.334 e. The first-order valence-corrected chi connectivity index (χ1v) is 7.56. The van der Waals surface area contributed by atoms with Gasteiger partial charge in [0, 0.05) is 12.1 Å². The van der Waals surface area contributed by atoms with Crippen LogP contribution >= 0.6 is 22.9 Å². The van der Waals surface area contributed by atoms with E-state index >= 15 is 0 Å². The molecule has 2 aromatic rings. The summed E-state index contributed by atoms with van der Waals surface area (Å²) in [5, 5.41) is 1.61. The van der Waals surface area contributed by atoms with Gasteiger partial charge >= 0.3 is 0 Å². The highest BCUT2D eigenvalue weighted by atomic mass is 35.5. The lowest BCUT2D eigenvalue weighted by molar-refractivity contribution is 0.0746. The molecule has 3 nitrogen and oxygen atoms in total. The average Bonchev–Trinajstić information content (AvgIpc) is 2.76. The van der Waals surface area contributed by atoms with E-state index < -0.39 is 0 Å². The van der Waals surface area contributed by atoms with Gasteiger partial charge in [-0.15, -0.1) is 11.3 Å². The lowest BCUT2D eigenvalue weighted by atomic mass is 10.1. The minimum Gasteiger partial charge on any atom is -0.334 e. The van der Waals surface area contributed by atoms with Crippen molar-refractivity contribution in [2.24, 2.45) is 0 Å². The number of halogens is 1. The average molecular weight is 309 g/mol. The van der Waals surface area contributed by atoms with Gasteiger partial charge in [-0.25, -0.2) is 4.98 Å². The van der Waals surface area contributed by atoms with Crippen LogP contribution < -0.4 is 0 Å². The van der Waals surface area contributed by atoms with Gasteiger partial charge in [-0.05, 0) is 38.5 Å². The molecule has 0 radical (unpaired) electrons. The smallest absolute Gasteiger partial charge is 0.266 e. The molecule has 20 heavy (non-hydrogen) atoms. The standard InChI is InChI=1S/C15H17ClN2OS/c1-9-14(20-11(3)17-9)15(19)18(4)10(2)12-5-7-13(16)8-6-12/h5-8,10H,1-4H3/t10-/m1/s1. The van der Waals surface area contributed by atoms with Crippen molar-refractivity contribution in [1.29, 1.82) is 0 Å². The monoisotopic (exact) mass is 308 g/mol. The SMILES string of the molecule is Cc1nc(C)c(C(=O)N(C)[C@H](C)c2ccc(Cl)cc2)s1. The fourth-order valence-corrected chi connectivity index (χ4v) is 3.06. The van der Waals surface area contributed by atoms with E-state index in [0.29, 0.717) is 9.90 Å². The zero-order valence-corrected chi connectivity index (χ0v) is 13.5. The van der Waals surface area contributed by atoms with Gasteiger partial charge in [0.1, 0.15) is 4.88 Å². The Morgan fingerprint density at radius 2 is 1.90 bits per heavy atom. The Morgan fingerprint density at radius 3 is 2.40 bits per heavy atom. The molecular weight excluding hydrogens is 292 g/mol. The molecule has 0 aliphatic carbocycles. The van der Waals surface area contributed by atoms with E-state index in [4.69, 9.17) is 11.6 Å². The van der Waals surface area contributed by atoms with Crippen molar-refractivity contribution in [2.75, 3.05) is 7.05 Å². The molecule has 1 aromatic carbocycles. The maximum absolute atomic E-state index is 12.5. The van der Waals surface area contributed by atoms with Gasteiger partial charge in [0.15, 0.2) is 0 Å². The third-order valence-corrected chi connectivity index (χ3v) is 4.66. The summed E-state index contributed by atoms with van der Waals surface area (Å²) >= 11 is 7.33. The molecule has 0 unspecified atom stereocenters. The summed E-state index contributed by atoms with van der Waals surface area (Å²) in [6.07, 6.45) is 0. The number of thiazole rings is 1.